The van der Waals surface area contributed by atoms with E-state index >= 15 is 4.39 Å². The molecule has 1 aliphatic carbocycles. The van der Waals surface area contributed by atoms with Crippen molar-refractivity contribution < 1.29 is 23.0 Å². The number of rotatable bonds is 10. The standard InChI is InChI=1S/C39H45F3N6O2/c1-5-26-20-47(21-27(6-2)48(26)8-4)37-31-19-43-35(30-18-28(49)17-24-9-10-32(41)29(7-3)33(24)30)34(42)36(31)44-38(45-37)50-23-39(13-14-39)22-46-15-11-25(40)12-16-46/h3,9-10,17-19,25-27,49H,5-6,8,11-16,20-23H2,1-2,4H3. The first-order valence-electron chi connectivity index (χ1n) is 18.0. The van der Waals surface area contributed by atoms with E-state index in [1.807, 2.05) is 0 Å². The number of nitrogens with zero attached hydrogens (tertiary/aromatic N) is 6. The average Bonchev–Trinajstić information content (AvgIpc) is 3.90. The predicted molar refractivity (Wildman–Crippen MR) is 190 cm³/mol. The van der Waals surface area contributed by atoms with Crippen molar-refractivity contribution in [3.8, 4) is 35.4 Å². The van der Waals surface area contributed by atoms with Gasteiger partial charge in [-0.05, 0) is 68.7 Å². The summed E-state index contributed by atoms with van der Waals surface area (Å²) in [5.74, 6) is 1.45. The number of phenols is 1. The molecule has 0 amide bonds. The maximum Gasteiger partial charge on any atom is 0.319 e. The molecule has 2 saturated heterocycles. The van der Waals surface area contributed by atoms with Crippen LogP contribution in [0.4, 0.5) is 19.0 Å². The summed E-state index contributed by atoms with van der Waals surface area (Å²) >= 11 is 0. The molecule has 3 aliphatic rings. The number of terminal acetylenes is 1. The molecule has 0 spiro atoms. The lowest BCUT2D eigenvalue weighted by molar-refractivity contribution is 0.106. The first-order valence-corrected chi connectivity index (χ1v) is 18.0. The van der Waals surface area contributed by atoms with Crippen molar-refractivity contribution in [2.75, 3.05) is 50.8 Å². The van der Waals surface area contributed by atoms with E-state index in [2.05, 4.69) is 51.4 Å². The van der Waals surface area contributed by atoms with Gasteiger partial charge in [0.1, 0.15) is 34.8 Å². The molecule has 0 radical (unpaired) electrons. The lowest BCUT2D eigenvalue weighted by atomic mass is 9.95. The van der Waals surface area contributed by atoms with Crippen LogP contribution < -0.4 is 9.64 Å². The van der Waals surface area contributed by atoms with E-state index in [1.54, 1.807) is 6.20 Å². The van der Waals surface area contributed by atoms with Crippen molar-refractivity contribution >= 4 is 27.5 Å². The maximum atomic E-state index is 17.0. The Morgan fingerprint density at radius 1 is 1.04 bits per heavy atom. The molecule has 2 atom stereocenters. The average molecular weight is 687 g/mol. The normalized spacial score (nSPS) is 21.5. The summed E-state index contributed by atoms with van der Waals surface area (Å²) in [6.45, 7) is 11.5. The molecule has 7 rings (SSSR count). The van der Waals surface area contributed by atoms with E-state index in [9.17, 15) is 13.9 Å². The van der Waals surface area contributed by atoms with Crippen molar-refractivity contribution in [3.05, 3.63) is 47.7 Å². The van der Waals surface area contributed by atoms with Crippen LogP contribution in [-0.4, -0.2) is 94.0 Å². The molecule has 1 N–H and O–H groups in total. The summed E-state index contributed by atoms with van der Waals surface area (Å²) in [7, 11) is 0. The van der Waals surface area contributed by atoms with Crippen LogP contribution in [0.25, 0.3) is 32.9 Å². The van der Waals surface area contributed by atoms with E-state index < -0.39 is 17.8 Å². The number of aromatic hydroxyl groups is 1. The van der Waals surface area contributed by atoms with Gasteiger partial charge in [0, 0.05) is 67.4 Å². The smallest absolute Gasteiger partial charge is 0.319 e. The van der Waals surface area contributed by atoms with Gasteiger partial charge in [-0.1, -0.05) is 32.8 Å². The van der Waals surface area contributed by atoms with Crippen molar-refractivity contribution in [2.24, 2.45) is 5.41 Å². The molecular weight excluding hydrogens is 641 g/mol. The maximum absolute atomic E-state index is 17.0. The largest absolute Gasteiger partial charge is 0.508 e. The van der Waals surface area contributed by atoms with Crippen molar-refractivity contribution in [2.45, 2.75) is 77.6 Å². The zero-order valence-corrected chi connectivity index (χ0v) is 29.1. The second-order valence-electron chi connectivity index (χ2n) is 14.3. The number of phenolic OH excluding ortho intramolecular Hbond substituents is 1. The van der Waals surface area contributed by atoms with Gasteiger partial charge in [-0.15, -0.1) is 6.42 Å². The predicted octanol–water partition coefficient (Wildman–Crippen LogP) is 7.10. The van der Waals surface area contributed by atoms with Crippen molar-refractivity contribution in [3.63, 3.8) is 0 Å². The number of hydrogen-bond acceptors (Lipinski definition) is 8. The zero-order chi connectivity index (χ0) is 35.2. The van der Waals surface area contributed by atoms with Crippen LogP contribution in [0.1, 0.15) is 64.9 Å². The Kier molecular flexibility index (Phi) is 9.52. The number of halogens is 3. The minimum absolute atomic E-state index is 0.0269. The highest BCUT2D eigenvalue weighted by Gasteiger charge is 2.45. The molecule has 0 bridgehead atoms. The number of likely N-dealkylation sites (N-methyl/N-ethyl adjacent to an activating group) is 1. The van der Waals surface area contributed by atoms with Crippen molar-refractivity contribution in [1.29, 1.82) is 0 Å². The van der Waals surface area contributed by atoms with Crippen molar-refractivity contribution in [1.82, 2.24) is 24.8 Å². The number of aromatic nitrogens is 3. The molecule has 3 fully saturated rings. The quantitative estimate of drug-likeness (QED) is 0.177. The van der Waals surface area contributed by atoms with E-state index in [4.69, 9.17) is 16.1 Å². The first-order chi connectivity index (χ1) is 24.2. The van der Waals surface area contributed by atoms with Crippen LogP contribution in [0.2, 0.25) is 0 Å². The Labute approximate surface area is 291 Å². The molecule has 1 saturated carbocycles. The molecular formula is C39H45F3N6O2. The van der Waals surface area contributed by atoms with Gasteiger partial charge in [0.2, 0.25) is 0 Å². The summed E-state index contributed by atoms with van der Waals surface area (Å²) in [6, 6.07) is 6.18. The Hall–Kier alpha value is -4.14. The van der Waals surface area contributed by atoms with Gasteiger partial charge in [-0.25, -0.2) is 13.2 Å². The number of piperazine rings is 1. The fourth-order valence-electron chi connectivity index (χ4n) is 8.05. The monoisotopic (exact) mass is 686 g/mol. The van der Waals surface area contributed by atoms with E-state index in [1.165, 1.54) is 24.3 Å². The van der Waals surface area contributed by atoms with E-state index in [0.717, 1.165) is 51.9 Å². The number of hydrogen-bond donors (Lipinski definition) is 1. The number of alkyl halides is 1. The van der Waals surface area contributed by atoms with Crippen LogP contribution in [-0.2, 0) is 0 Å². The van der Waals surface area contributed by atoms with Crippen LogP contribution in [0.15, 0.2) is 30.5 Å². The topological polar surface area (TPSA) is 77.9 Å². The molecule has 2 aromatic carbocycles. The number of pyridine rings is 1. The third kappa shape index (κ3) is 6.44. The Bertz CT molecular complexity index is 1920. The molecule has 4 heterocycles. The lowest BCUT2D eigenvalue weighted by Crippen LogP contribution is -2.58. The van der Waals surface area contributed by atoms with Gasteiger partial charge < -0.3 is 19.6 Å². The zero-order valence-electron chi connectivity index (χ0n) is 29.1. The molecule has 2 aromatic heterocycles. The second-order valence-corrected chi connectivity index (χ2v) is 14.3. The minimum Gasteiger partial charge on any atom is -0.508 e. The van der Waals surface area contributed by atoms with Crippen LogP contribution in [0, 0.1) is 29.4 Å². The number of benzene rings is 2. The third-order valence-electron chi connectivity index (χ3n) is 11.0. The van der Waals surface area contributed by atoms with Gasteiger partial charge in [-0.3, -0.25) is 9.88 Å². The SMILES string of the molecule is C#Cc1c(F)ccc2cc(O)cc(-c3ncc4c(N5CC(CC)N(CC)C(CC)C5)nc(OCC5(CN6CCC(F)CC6)CC5)nc4c3F)c12. The number of ether oxygens (including phenoxy) is 1. The highest BCUT2D eigenvalue weighted by atomic mass is 19.1. The number of piperidine rings is 1. The van der Waals surface area contributed by atoms with Gasteiger partial charge in [0.25, 0.3) is 0 Å². The van der Waals surface area contributed by atoms with Crippen LogP contribution >= 0.6 is 0 Å². The number of fused-ring (bicyclic) bond motifs is 2. The molecule has 2 aliphatic heterocycles. The van der Waals surface area contributed by atoms with Gasteiger partial charge in [0.15, 0.2) is 5.82 Å². The Morgan fingerprint density at radius 3 is 2.40 bits per heavy atom. The van der Waals surface area contributed by atoms with E-state index in [0.29, 0.717) is 49.1 Å². The fraction of sp³-hybridized carbons (Fsp3) is 0.513. The Balaban J connectivity index is 1.32. The van der Waals surface area contributed by atoms with Gasteiger partial charge in [0.05, 0.1) is 17.6 Å². The van der Waals surface area contributed by atoms with E-state index in [-0.39, 0.29) is 57.0 Å². The summed E-state index contributed by atoms with van der Waals surface area (Å²) in [4.78, 5) is 21.2. The molecule has 4 aromatic rings. The second kappa shape index (κ2) is 13.9. The third-order valence-corrected chi connectivity index (χ3v) is 11.0. The molecule has 11 heteroatoms. The summed E-state index contributed by atoms with van der Waals surface area (Å²) in [5.41, 5.74) is -0.0369. The molecule has 50 heavy (non-hydrogen) atoms. The first kappa shape index (κ1) is 34.3. The van der Waals surface area contributed by atoms with Gasteiger partial charge in [-0.2, -0.15) is 9.97 Å². The Morgan fingerprint density at radius 2 is 1.76 bits per heavy atom. The van der Waals surface area contributed by atoms with Crippen LogP contribution in [0.3, 0.4) is 0 Å². The fourth-order valence-corrected chi connectivity index (χ4v) is 8.05. The summed E-state index contributed by atoms with van der Waals surface area (Å²) in [6.07, 6.45) is 11.5. The lowest BCUT2D eigenvalue weighted by Gasteiger charge is -2.47. The number of anilines is 1. The number of likely N-dealkylation sites (tertiary alicyclic amines) is 1. The molecule has 8 nitrogen and oxygen atoms in total. The highest BCUT2D eigenvalue weighted by Crippen LogP contribution is 2.47. The summed E-state index contributed by atoms with van der Waals surface area (Å²) < 4.78 is 52.1. The summed E-state index contributed by atoms with van der Waals surface area (Å²) in [5, 5.41) is 11.8. The molecule has 264 valence electrons. The minimum atomic E-state index is -0.739. The van der Waals surface area contributed by atoms with Crippen LogP contribution in [0.5, 0.6) is 11.8 Å². The van der Waals surface area contributed by atoms with Gasteiger partial charge >= 0.3 is 6.01 Å². The molecule has 2 unspecified atom stereocenters. The highest BCUT2D eigenvalue weighted by molar-refractivity contribution is 6.03.